The molecule has 0 N–H and O–H groups in total. The highest BCUT2D eigenvalue weighted by Gasteiger charge is 2.47. The molecule has 1 aliphatic rings. The first-order valence-corrected chi connectivity index (χ1v) is 21.8. The van der Waals surface area contributed by atoms with Gasteiger partial charge in [-0.15, -0.1) is 11.3 Å². The lowest BCUT2D eigenvalue weighted by Gasteiger charge is -2.34. The molecule has 286 valence electrons. The summed E-state index contributed by atoms with van der Waals surface area (Å²) in [5.74, 6) is 0. The van der Waals surface area contributed by atoms with E-state index in [1.807, 2.05) is 11.3 Å². The van der Waals surface area contributed by atoms with Crippen LogP contribution in [0.1, 0.15) is 22.3 Å². The maximum absolute atomic E-state index is 2.49. The number of hydrogen-bond acceptors (Lipinski definition) is 2. The third kappa shape index (κ3) is 5.60. The third-order valence-electron chi connectivity index (χ3n) is 12.7. The largest absolute Gasteiger partial charge is 0.310 e. The molecule has 12 rings (SSSR count). The molecule has 0 atom stereocenters. The van der Waals surface area contributed by atoms with Crippen LogP contribution in [0.3, 0.4) is 0 Å². The van der Waals surface area contributed by atoms with Crippen molar-refractivity contribution >= 4 is 59.3 Å². The predicted molar refractivity (Wildman–Crippen MR) is 260 cm³/mol. The Labute approximate surface area is 360 Å². The molecule has 0 bridgehead atoms. The average molecular weight is 794 g/mol. The Bertz CT molecular complexity index is 3380. The molecule has 11 aromatic rings. The minimum atomic E-state index is -0.505. The standard InChI is InChI=1S/C59H39NS/c1-3-19-45(20-4-1)59(46-21-5-2-6-22-46)53-28-11-9-25-52(53)57-54(59)29-15-30-55(57)60(47-36-34-41(35-37-47)43-33-32-40-16-7-8-17-42(40)38-43)48-23-13-18-44(39-48)49-26-14-27-51-50-24-10-12-31-56(50)61-58(49)51/h1-39H. The molecule has 1 aromatic heterocycles. The Hall–Kier alpha value is -7.52. The zero-order chi connectivity index (χ0) is 40.3. The van der Waals surface area contributed by atoms with Crippen LogP contribution >= 0.6 is 11.3 Å². The normalized spacial score (nSPS) is 12.7. The van der Waals surface area contributed by atoms with Gasteiger partial charge in [0, 0.05) is 37.1 Å². The second-order valence-corrected chi connectivity index (χ2v) is 17.1. The highest BCUT2D eigenvalue weighted by molar-refractivity contribution is 7.26. The lowest BCUT2D eigenvalue weighted by atomic mass is 9.68. The summed E-state index contributed by atoms with van der Waals surface area (Å²) in [6, 6.07) is 87.3. The molecule has 0 aliphatic heterocycles. The summed E-state index contributed by atoms with van der Waals surface area (Å²) in [4.78, 5) is 2.49. The summed E-state index contributed by atoms with van der Waals surface area (Å²) in [7, 11) is 0. The van der Waals surface area contributed by atoms with Crippen LogP contribution in [-0.2, 0) is 5.41 Å². The van der Waals surface area contributed by atoms with Crippen molar-refractivity contribution in [2.24, 2.45) is 0 Å². The number of fused-ring (bicyclic) bond motifs is 7. The summed E-state index contributed by atoms with van der Waals surface area (Å²) in [6.07, 6.45) is 0. The molecule has 1 heterocycles. The van der Waals surface area contributed by atoms with Crippen LogP contribution in [0.15, 0.2) is 237 Å². The lowest BCUT2D eigenvalue weighted by molar-refractivity contribution is 0.768. The molecular weight excluding hydrogens is 755 g/mol. The fourth-order valence-corrected chi connectivity index (χ4v) is 11.3. The van der Waals surface area contributed by atoms with E-state index in [4.69, 9.17) is 0 Å². The molecular formula is C59H39NS. The molecule has 0 spiro atoms. The second kappa shape index (κ2) is 14.3. The van der Waals surface area contributed by atoms with E-state index < -0.39 is 5.41 Å². The topological polar surface area (TPSA) is 3.24 Å². The maximum Gasteiger partial charge on any atom is 0.0714 e. The van der Waals surface area contributed by atoms with Crippen LogP contribution in [0.4, 0.5) is 17.1 Å². The van der Waals surface area contributed by atoms with Crippen LogP contribution in [0, 0.1) is 0 Å². The van der Waals surface area contributed by atoms with Crippen LogP contribution in [0.2, 0.25) is 0 Å². The molecule has 0 amide bonds. The second-order valence-electron chi connectivity index (χ2n) is 16.0. The van der Waals surface area contributed by atoms with E-state index in [2.05, 4.69) is 241 Å². The summed E-state index contributed by atoms with van der Waals surface area (Å²) in [5.41, 5.74) is 15.3. The Morgan fingerprint density at radius 3 is 1.80 bits per heavy atom. The van der Waals surface area contributed by atoms with Crippen LogP contribution < -0.4 is 4.90 Å². The fraction of sp³-hybridized carbons (Fsp3) is 0.0169. The monoisotopic (exact) mass is 793 g/mol. The molecule has 10 aromatic carbocycles. The first-order valence-electron chi connectivity index (χ1n) is 21.0. The molecule has 1 nitrogen and oxygen atoms in total. The van der Waals surface area contributed by atoms with Gasteiger partial charge in [0.25, 0.3) is 0 Å². The van der Waals surface area contributed by atoms with Gasteiger partial charge < -0.3 is 4.90 Å². The van der Waals surface area contributed by atoms with Crippen LogP contribution in [0.25, 0.3) is 64.3 Å². The van der Waals surface area contributed by atoms with E-state index in [0.29, 0.717) is 0 Å². The molecule has 0 radical (unpaired) electrons. The van der Waals surface area contributed by atoms with Gasteiger partial charge in [-0.2, -0.15) is 0 Å². The van der Waals surface area contributed by atoms with Gasteiger partial charge in [0.2, 0.25) is 0 Å². The van der Waals surface area contributed by atoms with Crippen molar-refractivity contribution in [1.82, 2.24) is 0 Å². The fourth-order valence-electron chi connectivity index (χ4n) is 10.0. The van der Waals surface area contributed by atoms with E-state index >= 15 is 0 Å². The number of rotatable bonds is 7. The Balaban J connectivity index is 1.09. The third-order valence-corrected chi connectivity index (χ3v) is 13.9. The van der Waals surface area contributed by atoms with Gasteiger partial charge in [-0.25, -0.2) is 0 Å². The average Bonchev–Trinajstić information content (AvgIpc) is 3.87. The van der Waals surface area contributed by atoms with E-state index in [1.165, 1.54) is 86.6 Å². The molecule has 2 heteroatoms. The van der Waals surface area contributed by atoms with Crippen molar-refractivity contribution in [2.45, 2.75) is 5.41 Å². The minimum Gasteiger partial charge on any atom is -0.310 e. The van der Waals surface area contributed by atoms with Crippen LogP contribution in [-0.4, -0.2) is 0 Å². The van der Waals surface area contributed by atoms with Gasteiger partial charge in [-0.3, -0.25) is 0 Å². The van der Waals surface area contributed by atoms with Gasteiger partial charge in [0.15, 0.2) is 0 Å². The Morgan fingerprint density at radius 1 is 0.361 bits per heavy atom. The molecule has 0 unspecified atom stereocenters. The highest BCUT2D eigenvalue weighted by Crippen LogP contribution is 2.59. The smallest absolute Gasteiger partial charge is 0.0714 e. The first-order chi connectivity index (χ1) is 30.3. The van der Waals surface area contributed by atoms with Crippen molar-refractivity contribution in [3.05, 3.63) is 259 Å². The highest BCUT2D eigenvalue weighted by atomic mass is 32.1. The van der Waals surface area contributed by atoms with Crippen molar-refractivity contribution in [3.8, 4) is 33.4 Å². The van der Waals surface area contributed by atoms with Gasteiger partial charge >= 0.3 is 0 Å². The van der Waals surface area contributed by atoms with Crippen LogP contribution in [0.5, 0.6) is 0 Å². The van der Waals surface area contributed by atoms with Crippen molar-refractivity contribution < 1.29 is 0 Å². The van der Waals surface area contributed by atoms with Crippen molar-refractivity contribution in [2.75, 3.05) is 4.90 Å². The number of benzene rings is 10. The number of nitrogens with zero attached hydrogens (tertiary/aromatic N) is 1. The lowest BCUT2D eigenvalue weighted by Crippen LogP contribution is -2.28. The van der Waals surface area contributed by atoms with E-state index in [-0.39, 0.29) is 0 Å². The maximum atomic E-state index is 2.49. The molecule has 0 saturated carbocycles. The van der Waals surface area contributed by atoms with Gasteiger partial charge in [-0.1, -0.05) is 194 Å². The van der Waals surface area contributed by atoms with Gasteiger partial charge in [-0.05, 0) is 103 Å². The molecule has 0 saturated heterocycles. The number of anilines is 3. The van der Waals surface area contributed by atoms with E-state index in [9.17, 15) is 0 Å². The van der Waals surface area contributed by atoms with E-state index in [0.717, 1.165) is 17.1 Å². The van der Waals surface area contributed by atoms with Crippen molar-refractivity contribution in [1.29, 1.82) is 0 Å². The quantitative estimate of drug-likeness (QED) is 0.155. The zero-order valence-corrected chi connectivity index (χ0v) is 34.2. The van der Waals surface area contributed by atoms with Gasteiger partial charge in [0.1, 0.15) is 0 Å². The number of hydrogen-bond donors (Lipinski definition) is 0. The Kier molecular flexibility index (Phi) is 8.33. The minimum absolute atomic E-state index is 0.505. The zero-order valence-electron chi connectivity index (χ0n) is 33.4. The molecule has 0 fully saturated rings. The summed E-state index contributed by atoms with van der Waals surface area (Å²) < 4.78 is 2.63. The van der Waals surface area contributed by atoms with Gasteiger partial charge in [0.05, 0.1) is 11.1 Å². The SMILES string of the molecule is c1ccc(C2(c3ccccc3)c3ccccc3-c3c(N(c4ccc(-c5ccc6ccccc6c5)cc4)c4cccc(-c5cccc6c5sc5ccccc56)c4)cccc32)cc1. The predicted octanol–water partition coefficient (Wildman–Crippen LogP) is 16.4. The van der Waals surface area contributed by atoms with E-state index in [1.54, 1.807) is 0 Å². The molecule has 1 aliphatic carbocycles. The molecule has 61 heavy (non-hydrogen) atoms. The first kappa shape index (κ1) is 35.4. The summed E-state index contributed by atoms with van der Waals surface area (Å²) in [5, 5.41) is 5.11. The Morgan fingerprint density at radius 2 is 0.984 bits per heavy atom. The summed E-state index contributed by atoms with van der Waals surface area (Å²) in [6.45, 7) is 0. The number of thiophene rings is 1. The van der Waals surface area contributed by atoms with Crippen molar-refractivity contribution in [3.63, 3.8) is 0 Å². The summed E-state index contributed by atoms with van der Waals surface area (Å²) >= 11 is 1.88.